The van der Waals surface area contributed by atoms with Crippen molar-refractivity contribution in [1.82, 2.24) is 0 Å². The van der Waals surface area contributed by atoms with E-state index in [1.54, 1.807) is 0 Å². The third-order valence-electron chi connectivity index (χ3n) is 2.14. The van der Waals surface area contributed by atoms with Gasteiger partial charge in [-0.25, -0.2) is 28.8 Å². The van der Waals surface area contributed by atoms with E-state index in [1.807, 2.05) is 0 Å². The number of rotatable bonds is 6. The van der Waals surface area contributed by atoms with Gasteiger partial charge in [-0.3, -0.25) is 0 Å². The molecular formula is C18H48Fe2O24Ti3. The summed E-state index contributed by atoms with van der Waals surface area (Å²) in [4.78, 5) is 56.7. The topological polar surface area (TPSA) is 534 Å². The van der Waals surface area contributed by atoms with E-state index in [0.717, 1.165) is 0 Å². The van der Waals surface area contributed by atoms with E-state index >= 15 is 0 Å². The van der Waals surface area contributed by atoms with Crippen molar-refractivity contribution in [2.45, 2.75) is 78.2 Å². The molecule has 29 heteroatoms. The number of aliphatic hydroxyl groups excluding tert-OH is 6. The Morgan fingerprint density at radius 2 is 0.319 bits per heavy atom. The summed E-state index contributed by atoms with van der Waals surface area (Å²) in [6.45, 7) is 7.18. The first kappa shape index (κ1) is 111. The van der Waals surface area contributed by atoms with Gasteiger partial charge in [0.2, 0.25) is 0 Å². The van der Waals surface area contributed by atoms with Crippen LogP contribution in [0.15, 0.2) is 0 Å². The predicted octanol–water partition coefficient (Wildman–Crippen LogP) is -8.25. The summed E-state index contributed by atoms with van der Waals surface area (Å²) >= 11 is 0. The molecule has 6 unspecified atom stereocenters. The summed E-state index contributed by atoms with van der Waals surface area (Å²) in [6.07, 6.45) is -7.39. The van der Waals surface area contributed by atoms with E-state index in [1.165, 1.54) is 41.5 Å². The molecule has 47 heavy (non-hydrogen) atoms. The Kier molecular flexibility index (Phi) is 168. The molecule has 0 saturated heterocycles. The maximum atomic E-state index is 9.45. The quantitative estimate of drug-likeness (QED) is 0.110. The zero-order chi connectivity index (χ0) is 30.9. The second-order valence-electron chi connectivity index (χ2n) is 6.09. The second-order valence-corrected chi connectivity index (χ2v) is 6.09. The molecule has 0 aliphatic heterocycles. The molecule has 0 saturated carbocycles. The Morgan fingerprint density at radius 1 is 0.298 bits per heavy atom. The minimum atomic E-state index is -1.23. The Morgan fingerprint density at radius 3 is 0.319 bits per heavy atom. The van der Waals surface area contributed by atoms with Crippen LogP contribution in [0, 0.1) is 0 Å². The van der Waals surface area contributed by atoms with Gasteiger partial charge in [0.25, 0.3) is 0 Å². The van der Waals surface area contributed by atoms with Gasteiger partial charge in [-0.05, 0) is 41.5 Å². The van der Waals surface area contributed by atoms with E-state index in [0.29, 0.717) is 0 Å². The van der Waals surface area contributed by atoms with Crippen molar-refractivity contribution in [3.8, 4) is 0 Å². The van der Waals surface area contributed by atoms with Crippen LogP contribution in [-0.2, 0) is 128 Å². The van der Waals surface area contributed by atoms with Crippen molar-refractivity contribution < 1.29 is 222 Å². The van der Waals surface area contributed by atoms with Gasteiger partial charge in [-0.1, -0.05) is 0 Å². The van der Waals surface area contributed by atoms with Crippen molar-refractivity contribution >= 4 is 35.8 Å². The number of aliphatic carboxylic acids is 6. The first-order valence-corrected chi connectivity index (χ1v) is 9.31. The molecule has 24 nitrogen and oxygen atoms in total. The SMILES string of the molecule is CC(O)C(=O)O.CC(O)C(=O)O.CC(O)C(=O)O.CC(O)C(=O)O.CC(O)C(=O)O.CC(O)C(=O)O.O.O.O.O.O.O.[Fe].[Fe].[Ti].[Ti].[Ti]. The van der Waals surface area contributed by atoms with E-state index in [4.69, 9.17) is 61.3 Å². The Bertz CT molecular complexity index is 515. The van der Waals surface area contributed by atoms with Crippen LogP contribution in [0.4, 0.5) is 0 Å². The predicted molar refractivity (Wildman–Crippen MR) is 138 cm³/mol. The van der Waals surface area contributed by atoms with Gasteiger partial charge in [0.15, 0.2) is 0 Å². The van der Waals surface area contributed by atoms with Crippen LogP contribution >= 0.6 is 0 Å². The summed E-state index contributed by atoms with van der Waals surface area (Å²) < 4.78 is 0. The molecule has 0 bridgehead atoms. The third-order valence-corrected chi connectivity index (χ3v) is 2.14. The molecule has 0 amide bonds. The van der Waals surface area contributed by atoms with E-state index in [2.05, 4.69) is 0 Å². The average molecular weight is 904 g/mol. The molecule has 24 N–H and O–H groups in total. The molecule has 0 aliphatic rings. The van der Waals surface area contributed by atoms with Gasteiger partial charge < -0.3 is 94.1 Å². The third kappa shape index (κ3) is 156. The molecule has 0 fully saturated rings. The summed E-state index contributed by atoms with van der Waals surface area (Å²) in [7, 11) is 0. The molecule has 0 aromatic rings. The normalized spacial score (nSPS) is 10.5. The van der Waals surface area contributed by atoms with Gasteiger partial charge in [0.05, 0.1) is 0 Å². The van der Waals surface area contributed by atoms with Gasteiger partial charge in [0.1, 0.15) is 36.6 Å². The smallest absolute Gasteiger partial charge is 0.332 e. The summed E-state index contributed by atoms with van der Waals surface area (Å²) in [6, 6.07) is 0. The number of hydrogen-bond acceptors (Lipinski definition) is 12. The fraction of sp³-hybridized carbons (Fsp3) is 0.667. The van der Waals surface area contributed by atoms with Gasteiger partial charge in [0, 0.05) is 99.3 Å². The number of carbonyl (C=O) groups is 6. The minimum Gasteiger partial charge on any atom is -0.479 e. The van der Waals surface area contributed by atoms with E-state index in [9.17, 15) is 28.8 Å². The zero-order valence-electron chi connectivity index (χ0n) is 25.5. The monoisotopic (exact) mass is 904 g/mol. The number of carboxylic acid groups (broad SMARTS) is 6. The van der Waals surface area contributed by atoms with Crippen molar-refractivity contribution in [3.05, 3.63) is 0 Å². The number of hydrogen-bond donors (Lipinski definition) is 12. The molecule has 0 aromatic heterocycles. The number of aliphatic hydroxyl groups is 6. The molecule has 0 aliphatic carbocycles. The van der Waals surface area contributed by atoms with Crippen LogP contribution in [0.25, 0.3) is 0 Å². The Labute approximate surface area is 334 Å². The van der Waals surface area contributed by atoms with E-state index < -0.39 is 72.4 Å². The van der Waals surface area contributed by atoms with Crippen LogP contribution < -0.4 is 0 Å². The molecule has 0 rings (SSSR count). The van der Waals surface area contributed by atoms with Crippen molar-refractivity contribution in [3.63, 3.8) is 0 Å². The molecule has 0 aromatic carbocycles. The van der Waals surface area contributed by atoms with Gasteiger partial charge >= 0.3 is 35.8 Å². The first-order valence-electron chi connectivity index (χ1n) is 9.31. The summed E-state index contributed by atoms with van der Waals surface area (Å²) in [5, 5.41) is 94.6. The summed E-state index contributed by atoms with van der Waals surface area (Å²) in [5.41, 5.74) is 0. The van der Waals surface area contributed by atoms with Crippen LogP contribution in [0.3, 0.4) is 0 Å². The van der Waals surface area contributed by atoms with Crippen LogP contribution in [0.5, 0.6) is 0 Å². The largest absolute Gasteiger partial charge is 0.479 e. The summed E-state index contributed by atoms with van der Waals surface area (Å²) in [5.74, 6) is -7.11. The fourth-order valence-corrected chi connectivity index (χ4v) is 0. The number of carboxylic acids is 6. The first-order chi connectivity index (χ1) is 15.9. The second kappa shape index (κ2) is 71.5. The van der Waals surface area contributed by atoms with Crippen molar-refractivity contribution in [1.29, 1.82) is 0 Å². The standard InChI is InChI=1S/6C3H6O3.2Fe.6H2O.3Ti/c6*1-2(4)3(5)6;;;;;;;;;;;/h6*2,4H,1H3,(H,5,6);;;6*1H2;;;. The zero-order valence-corrected chi connectivity index (χ0v) is 32.4. The maximum Gasteiger partial charge on any atom is 0.332 e. The van der Waals surface area contributed by atoms with Crippen molar-refractivity contribution in [2.75, 3.05) is 0 Å². The fourth-order valence-electron chi connectivity index (χ4n) is 0. The molecular weight excluding hydrogens is 855 g/mol. The molecule has 0 spiro atoms. The minimum absolute atomic E-state index is 0. The molecule has 6 atom stereocenters. The van der Waals surface area contributed by atoms with Gasteiger partial charge in [-0.2, -0.15) is 0 Å². The van der Waals surface area contributed by atoms with Gasteiger partial charge in [-0.15, -0.1) is 0 Å². The van der Waals surface area contributed by atoms with Crippen LogP contribution in [-0.4, -0.2) is 167 Å². The molecule has 292 valence electrons. The Hall–Kier alpha value is -0.478. The molecule has 0 radical (unpaired) electrons. The Balaban J connectivity index is -0.0000000146. The van der Waals surface area contributed by atoms with Crippen LogP contribution in [0.2, 0.25) is 0 Å². The van der Waals surface area contributed by atoms with E-state index in [-0.39, 0.29) is 132 Å². The average Bonchev–Trinajstić information content (AvgIpc) is 2.69. The maximum absolute atomic E-state index is 9.45. The molecule has 0 heterocycles. The van der Waals surface area contributed by atoms with Crippen LogP contribution in [0.1, 0.15) is 41.5 Å². The van der Waals surface area contributed by atoms with Crippen molar-refractivity contribution in [2.24, 2.45) is 0 Å².